The summed E-state index contributed by atoms with van der Waals surface area (Å²) < 4.78 is 36.7. The average molecular weight is 216 g/mol. The number of rotatable bonds is 3. The predicted molar refractivity (Wildman–Crippen MR) is 58.3 cm³/mol. The maximum atomic E-state index is 12.2. The van der Waals surface area contributed by atoms with E-state index < -0.39 is 13.4 Å². The van der Waals surface area contributed by atoms with Crippen LogP contribution in [0.1, 0.15) is 11.1 Å². The van der Waals surface area contributed by atoms with E-state index in [0.29, 0.717) is 5.69 Å². The van der Waals surface area contributed by atoms with E-state index in [1.54, 1.807) is 6.07 Å². The van der Waals surface area contributed by atoms with Crippen molar-refractivity contribution in [1.29, 1.82) is 0 Å². The lowest BCUT2D eigenvalue weighted by Gasteiger charge is -2.27. The van der Waals surface area contributed by atoms with Crippen molar-refractivity contribution in [3.05, 3.63) is 29.3 Å². The number of halogens is 3. The van der Waals surface area contributed by atoms with E-state index in [-0.39, 0.29) is 0 Å². The Morgan fingerprint density at radius 2 is 1.80 bits per heavy atom. The molecule has 1 aromatic carbocycles. The Balaban J connectivity index is 2.87. The Kier molecular flexibility index (Phi) is 3.32. The summed E-state index contributed by atoms with van der Waals surface area (Å²) in [6.07, 6.45) is -0.857. The van der Waals surface area contributed by atoms with Crippen molar-refractivity contribution < 1.29 is 12.9 Å². The maximum Gasteiger partial charge on any atom is 0.497 e. The topological polar surface area (TPSA) is 3.24 Å². The van der Waals surface area contributed by atoms with Crippen LogP contribution < -0.4 is 4.90 Å². The van der Waals surface area contributed by atoms with Gasteiger partial charge in [0.2, 0.25) is 0 Å². The van der Waals surface area contributed by atoms with Crippen molar-refractivity contribution >= 4 is 12.7 Å². The normalized spacial score (nSPS) is 11.6. The molecule has 84 valence electrons. The fraction of sp³-hybridized carbons (Fsp3) is 0.400. The van der Waals surface area contributed by atoms with Crippen LogP contribution >= 0.6 is 0 Å². The smallest absolute Gasteiger partial charge is 0.448 e. The van der Waals surface area contributed by atoms with E-state index in [0.717, 1.165) is 11.1 Å². The van der Waals surface area contributed by atoms with Crippen molar-refractivity contribution in [1.82, 2.24) is 0 Å². The third kappa shape index (κ3) is 3.49. The van der Waals surface area contributed by atoms with Crippen LogP contribution in [0.15, 0.2) is 18.2 Å². The minimum Gasteiger partial charge on any atom is -0.448 e. The van der Waals surface area contributed by atoms with E-state index in [2.05, 4.69) is 0 Å². The fourth-order valence-electron chi connectivity index (χ4n) is 1.64. The second-order valence-corrected chi connectivity index (χ2v) is 3.88. The van der Waals surface area contributed by atoms with Gasteiger partial charge < -0.3 is 17.8 Å². The Labute approximate surface area is 88.0 Å². The van der Waals surface area contributed by atoms with Gasteiger partial charge in [0.15, 0.2) is 0 Å². The summed E-state index contributed by atoms with van der Waals surface area (Å²) in [4.78, 5) is 1.24. The minimum atomic E-state index is -4.77. The molecule has 0 fully saturated rings. The van der Waals surface area contributed by atoms with Gasteiger partial charge in [0.25, 0.3) is 0 Å². The Morgan fingerprint density at radius 1 is 1.20 bits per heavy atom. The highest BCUT2D eigenvalue weighted by Gasteiger charge is 2.25. The molecular weight excluding hydrogens is 202 g/mol. The molecule has 1 nitrogen and oxygen atoms in total. The monoisotopic (exact) mass is 216 g/mol. The number of aryl methyl sites for hydroxylation is 2. The van der Waals surface area contributed by atoms with Crippen LogP contribution in [0.5, 0.6) is 0 Å². The average Bonchev–Trinajstić information content (AvgIpc) is 1.99. The SMILES string of the molecule is Cc1ccc(N(C)C[B-](F)(F)F)c(C)c1. The van der Waals surface area contributed by atoms with Crippen LogP contribution in [0.2, 0.25) is 0 Å². The Morgan fingerprint density at radius 3 is 2.27 bits per heavy atom. The molecule has 0 bridgehead atoms. The lowest BCUT2D eigenvalue weighted by Crippen LogP contribution is -2.35. The van der Waals surface area contributed by atoms with E-state index in [1.165, 1.54) is 11.9 Å². The largest absolute Gasteiger partial charge is 0.497 e. The highest BCUT2D eigenvalue weighted by Crippen LogP contribution is 2.22. The van der Waals surface area contributed by atoms with Gasteiger partial charge in [-0.1, -0.05) is 17.7 Å². The molecule has 0 N–H and O–H groups in total. The van der Waals surface area contributed by atoms with Gasteiger partial charge in [-0.3, -0.25) is 0 Å². The number of hydrogen-bond donors (Lipinski definition) is 0. The predicted octanol–water partition coefficient (Wildman–Crippen LogP) is 3.13. The molecule has 1 aromatic rings. The van der Waals surface area contributed by atoms with Gasteiger partial charge in [0, 0.05) is 12.7 Å². The standard InChI is InChI=1S/C10H14BF3N/c1-8-4-5-10(9(2)6-8)15(3)7-11(12,13)14/h4-6H,7H2,1-3H3/q-1. The minimum absolute atomic E-state index is 0.639. The summed E-state index contributed by atoms with van der Waals surface area (Å²) in [6.45, 7) is -1.03. The summed E-state index contributed by atoms with van der Waals surface area (Å²) in [6, 6.07) is 5.43. The van der Waals surface area contributed by atoms with Crippen LogP contribution in [0.25, 0.3) is 0 Å². The van der Waals surface area contributed by atoms with Crippen molar-refractivity contribution in [2.75, 3.05) is 18.4 Å². The quantitative estimate of drug-likeness (QED) is 0.701. The van der Waals surface area contributed by atoms with E-state index >= 15 is 0 Å². The molecule has 0 saturated carbocycles. The summed E-state index contributed by atoms with van der Waals surface area (Å²) >= 11 is 0. The number of anilines is 1. The highest BCUT2D eigenvalue weighted by atomic mass is 19.4. The van der Waals surface area contributed by atoms with Gasteiger partial charge in [-0.05, 0) is 31.9 Å². The first-order valence-electron chi connectivity index (χ1n) is 4.79. The number of benzene rings is 1. The first-order chi connectivity index (χ1) is 6.79. The molecule has 1 rings (SSSR count). The first-order valence-corrected chi connectivity index (χ1v) is 4.79. The molecule has 0 aromatic heterocycles. The summed E-state index contributed by atoms with van der Waals surface area (Å²) in [7, 11) is 1.47. The van der Waals surface area contributed by atoms with Crippen LogP contribution in [0.4, 0.5) is 18.6 Å². The zero-order chi connectivity index (χ0) is 11.6. The second-order valence-electron chi connectivity index (χ2n) is 3.88. The molecule has 0 aliphatic carbocycles. The fourth-order valence-corrected chi connectivity index (χ4v) is 1.64. The molecular formula is C10H14BF3N-. The van der Waals surface area contributed by atoms with Crippen LogP contribution in [0.3, 0.4) is 0 Å². The Bertz CT molecular complexity index is 349. The van der Waals surface area contributed by atoms with Crippen LogP contribution in [-0.4, -0.2) is 20.5 Å². The lowest BCUT2D eigenvalue weighted by atomic mass is 9.91. The lowest BCUT2D eigenvalue weighted by molar-refractivity contribution is 0.470. The van der Waals surface area contributed by atoms with Gasteiger partial charge in [-0.25, -0.2) is 0 Å². The third-order valence-electron chi connectivity index (χ3n) is 2.24. The highest BCUT2D eigenvalue weighted by molar-refractivity contribution is 6.59. The van der Waals surface area contributed by atoms with Crippen molar-refractivity contribution in [2.24, 2.45) is 0 Å². The van der Waals surface area contributed by atoms with Gasteiger partial charge >= 0.3 is 6.98 Å². The van der Waals surface area contributed by atoms with Gasteiger partial charge in [-0.2, -0.15) is 0 Å². The zero-order valence-corrected chi connectivity index (χ0v) is 9.10. The second kappa shape index (κ2) is 4.17. The maximum absolute atomic E-state index is 12.2. The van der Waals surface area contributed by atoms with Crippen LogP contribution in [0, 0.1) is 13.8 Å². The number of nitrogens with zero attached hydrogens (tertiary/aromatic N) is 1. The van der Waals surface area contributed by atoms with E-state index in [9.17, 15) is 12.9 Å². The third-order valence-corrected chi connectivity index (χ3v) is 2.24. The van der Waals surface area contributed by atoms with Crippen molar-refractivity contribution in [3.8, 4) is 0 Å². The van der Waals surface area contributed by atoms with Crippen molar-refractivity contribution in [3.63, 3.8) is 0 Å². The van der Waals surface area contributed by atoms with E-state index in [1.807, 2.05) is 26.0 Å². The number of hydrogen-bond acceptors (Lipinski definition) is 1. The molecule has 0 spiro atoms. The Hall–Kier alpha value is -1.13. The molecule has 0 aliphatic heterocycles. The van der Waals surface area contributed by atoms with Crippen LogP contribution in [-0.2, 0) is 0 Å². The molecule has 15 heavy (non-hydrogen) atoms. The molecule has 0 unspecified atom stereocenters. The van der Waals surface area contributed by atoms with Gasteiger partial charge in [0.05, 0.1) is 0 Å². The van der Waals surface area contributed by atoms with Crippen molar-refractivity contribution in [2.45, 2.75) is 13.8 Å². The molecule has 0 atom stereocenters. The summed E-state index contributed by atoms with van der Waals surface area (Å²) in [5, 5.41) is 0. The summed E-state index contributed by atoms with van der Waals surface area (Å²) in [5.41, 5.74) is 2.57. The molecule has 5 heteroatoms. The van der Waals surface area contributed by atoms with Gasteiger partial charge in [-0.15, -0.1) is 0 Å². The molecule has 0 heterocycles. The summed E-state index contributed by atoms with van der Waals surface area (Å²) in [5.74, 6) is 0. The molecule has 0 aliphatic rings. The first kappa shape index (κ1) is 11.9. The molecule has 0 saturated heterocycles. The zero-order valence-electron chi connectivity index (χ0n) is 9.10. The molecule has 0 amide bonds. The molecule has 0 radical (unpaired) electrons. The van der Waals surface area contributed by atoms with Gasteiger partial charge in [0.1, 0.15) is 0 Å². The van der Waals surface area contributed by atoms with E-state index in [4.69, 9.17) is 0 Å².